The topological polar surface area (TPSA) is 38.7 Å². The number of rotatable bonds is 1. The van der Waals surface area contributed by atoms with Gasteiger partial charge in [-0.15, -0.1) is 0 Å². The van der Waals surface area contributed by atoms with E-state index in [1.165, 1.54) is 0 Å². The minimum Gasteiger partial charge on any atom is -0.364 e. The number of hydrogen-bond acceptors (Lipinski definition) is 3. The lowest BCUT2D eigenvalue weighted by molar-refractivity contribution is -0.236. The first-order valence-electron chi connectivity index (χ1n) is 4.64. The normalized spacial score (nSPS) is 37.4. The van der Waals surface area contributed by atoms with Crippen LogP contribution in [-0.2, 0) is 15.3 Å². The molecule has 2 unspecified atom stereocenters. The molecule has 1 aromatic rings. The third kappa shape index (κ3) is 1.66. The van der Waals surface area contributed by atoms with Crippen molar-refractivity contribution >= 4 is 0 Å². The van der Waals surface area contributed by atoms with E-state index in [1.54, 1.807) is 6.92 Å². The van der Waals surface area contributed by atoms with E-state index in [-0.39, 0.29) is 6.61 Å². The Morgan fingerprint density at radius 3 is 2.36 bits per heavy atom. The van der Waals surface area contributed by atoms with Gasteiger partial charge >= 0.3 is 0 Å². The number of hydrogen-bond donors (Lipinski definition) is 1. The maximum absolute atomic E-state index is 9.64. The number of ether oxygens (including phenoxy) is 2. The van der Waals surface area contributed by atoms with Crippen LogP contribution in [0, 0.1) is 0 Å². The third-order valence-corrected chi connectivity index (χ3v) is 2.33. The molecule has 0 saturated carbocycles. The molecule has 0 aromatic heterocycles. The van der Waals surface area contributed by atoms with Crippen molar-refractivity contribution in [2.24, 2.45) is 0 Å². The van der Waals surface area contributed by atoms with Gasteiger partial charge in [0.1, 0.15) is 6.61 Å². The Morgan fingerprint density at radius 2 is 1.86 bits per heavy atom. The van der Waals surface area contributed by atoms with Crippen molar-refractivity contribution in [3.05, 3.63) is 35.9 Å². The molecule has 1 N–H and O–H groups in total. The summed E-state index contributed by atoms with van der Waals surface area (Å²) < 4.78 is 10.9. The van der Waals surface area contributed by atoms with Crippen LogP contribution in [0.1, 0.15) is 19.4 Å². The highest BCUT2D eigenvalue weighted by Gasteiger charge is 2.44. The molecule has 14 heavy (non-hydrogen) atoms. The zero-order valence-electron chi connectivity index (χ0n) is 8.36. The van der Waals surface area contributed by atoms with Crippen LogP contribution < -0.4 is 0 Å². The molecular weight excluding hydrogens is 180 g/mol. The van der Waals surface area contributed by atoms with E-state index in [1.807, 2.05) is 37.3 Å². The van der Waals surface area contributed by atoms with Gasteiger partial charge in [0.15, 0.2) is 11.6 Å². The predicted molar refractivity (Wildman–Crippen MR) is 51.5 cm³/mol. The van der Waals surface area contributed by atoms with E-state index in [0.29, 0.717) is 0 Å². The molecule has 1 saturated heterocycles. The molecular formula is C11H14O3. The van der Waals surface area contributed by atoms with Gasteiger partial charge in [-0.25, -0.2) is 0 Å². The summed E-state index contributed by atoms with van der Waals surface area (Å²) in [4.78, 5) is 0. The highest BCUT2D eigenvalue weighted by atomic mass is 16.8. The summed E-state index contributed by atoms with van der Waals surface area (Å²) in [5, 5.41) is 9.64. The molecule has 1 aliphatic rings. The number of aliphatic hydroxyl groups is 1. The van der Waals surface area contributed by atoms with Crippen LogP contribution in [0.3, 0.4) is 0 Å². The second-order valence-corrected chi connectivity index (χ2v) is 3.88. The van der Waals surface area contributed by atoms with Crippen LogP contribution in [0.5, 0.6) is 0 Å². The van der Waals surface area contributed by atoms with Crippen molar-refractivity contribution in [2.45, 2.75) is 25.4 Å². The first-order chi connectivity index (χ1) is 6.52. The van der Waals surface area contributed by atoms with Crippen LogP contribution in [0.2, 0.25) is 0 Å². The van der Waals surface area contributed by atoms with E-state index in [0.717, 1.165) is 5.56 Å². The van der Waals surface area contributed by atoms with E-state index >= 15 is 0 Å². The summed E-state index contributed by atoms with van der Waals surface area (Å²) in [6.07, 6.45) is 0. The van der Waals surface area contributed by atoms with Crippen molar-refractivity contribution in [1.82, 2.24) is 0 Å². The molecule has 1 fully saturated rings. The molecule has 1 heterocycles. The maximum Gasteiger partial charge on any atom is 0.195 e. The lowest BCUT2D eigenvalue weighted by atomic mass is 10.1. The fourth-order valence-electron chi connectivity index (χ4n) is 1.63. The molecule has 0 bridgehead atoms. The molecule has 2 atom stereocenters. The molecule has 2 rings (SSSR count). The Bertz CT molecular complexity index is 321. The molecule has 1 aliphatic heterocycles. The zero-order valence-corrected chi connectivity index (χ0v) is 8.36. The van der Waals surface area contributed by atoms with Gasteiger partial charge in [-0.3, -0.25) is 0 Å². The maximum atomic E-state index is 9.64. The van der Waals surface area contributed by atoms with Crippen LogP contribution in [-0.4, -0.2) is 17.5 Å². The number of benzene rings is 1. The Balaban J connectivity index is 2.27. The van der Waals surface area contributed by atoms with Crippen LogP contribution in [0.15, 0.2) is 30.3 Å². The molecule has 3 heteroatoms. The third-order valence-electron chi connectivity index (χ3n) is 2.33. The Kier molecular flexibility index (Phi) is 2.10. The summed E-state index contributed by atoms with van der Waals surface area (Å²) >= 11 is 0. The lowest BCUT2D eigenvalue weighted by Crippen LogP contribution is -2.30. The highest BCUT2D eigenvalue weighted by Crippen LogP contribution is 2.37. The lowest BCUT2D eigenvalue weighted by Gasteiger charge is -2.24. The average Bonchev–Trinajstić information content (AvgIpc) is 2.44. The molecule has 3 nitrogen and oxygen atoms in total. The minimum atomic E-state index is -1.19. The van der Waals surface area contributed by atoms with Gasteiger partial charge in [0.05, 0.1) is 0 Å². The molecule has 0 spiro atoms. The van der Waals surface area contributed by atoms with Gasteiger partial charge in [0.25, 0.3) is 0 Å². The average molecular weight is 194 g/mol. The summed E-state index contributed by atoms with van der Waals surface area (Å²) in [5.74, 6) is -2.02. The molecule has 0 amide bonds. The van der Waals surface area contributed by atoms with Gasteiger partial charge in [0.2, 0.25) is 0 Å². The quantitative estimate of drug-likeness (QED) is 0.738. The fraction of sp³-hybridized carbons (Fsp3) is 0.455. The first kappa shape index (κ1) is 9.65. The van der Waals surface area contributed by atoms with E-state index < -0.39 is 11.6 Å². The SMILES string of the molecule is CC1(O)COC(C)(c2ccccc2)O1. The summed E-state index contributed by atoms with van der Waals surface area (Å²) in [5.41, 5.74) is 0.915. The zero-order chi connectivity index (χ0) is 10.2. The van der Waals surface area contributed by atoms with E-state index in [4.69, 9.17) is 9.47 Å². The van der Waals surface area contributed by atoms with Gasteiger partial charge in [-0.1, -0.05) is 30.3 Å². The van der Waals surface area contributed by atoms with Gasteiger partial charge in [-0.05, 0) is 13.8 Å². The Labute approximate surface area is 83.3 Å². The van der Waals surface area contributed by atoms with Gasteiger partial charge in [0, 0.05) is 5.56 Å². The molecule has 1 aromatic carbocycles. The molecule has 0 radical (unpaired) electrons. The van der Waals surface area contributed by atoms with E-state index in [2.05, 4.69) is 0 Å². The second-order valence-electron chi connectivity index (χ2n) is 3.88. The fourth-order valence-corrected chi connectivity index (χ4v) is 1.63. The second kappa shape index (κ2) is 3.05. The van der Waals surface area contributed by atoms with Crippen LogP contribution >= 0.6 is 0 Å². The van der Waals surface area contributed by atoms with Crippen molar-refractivity contribution in [2.75, 3.05) is 6.61 Å². The summed E-state index contributed by atoms with van der Waals surface area (Å²) in [6, 6.07) is 9.60. The minimum absolute atomic E-state index is 0.193. The van der Waals surface area contributed by atoms with Crippen molar-refractivity contribution in [3.63, 3.8) is 0 Å². The Morgan fingerprint density at radius 1 is 1.21 bits per heavy atom. The smallest absolute Gasteiger partial charge is 0.195 e. The van der Waals surface area contributed by atoms with Gasteiger partial charge < -0.3 is 14.6 Å². The predicted octanol–water partition coefficient (Wildman–Crippen LogP) is 1.61. The highest BCUT2D eigenvalue weighted by molar-refractivity contribution is 5.20. The standard InChI is InChI=1S/C11H14O3/c1-10(12)8-13-11(2,14-10)9-6-4-3-5-7-9/h3-7,12H,8H2,1-2H3. The van der Waals surface area contributed by atoms with Crippen LogP contribution in [0.25, 0.3) is 0 Å². The monoisotopic (exact) mass is 194 g/mol. The largest absolute Gasteiger partial charge is 0.364 e. The summed E-state index contributed by atoms with van der Waals surface area (Å²) in [6.45, 7) is 3.60. The molecule has 76 valence electrons. The van der Waals surface area contributed by atoms with Gasteiger partial charge in [-0.2, -0.15) is 0 Å². The van der Waals surface area contributed by atoms with E-state index in [9.17, 15) is 5.11 Å². The Hall–Kier alpha value is -0.900. The molecule has 0 aliphatic carbocycles. The van der Waals surface area contributed by atoms with Crippen LogP contribution in [0.4, 0.5) is 0 Å². The van der Waals surface area contributed by atoms with Crippen molar-refractivity contribution in [3.8, 4) is 0 Å². The van der Waals surface area contributed by atoms with Crippen molar-refractivity contribution in [1.29, 1.82) is 0 Å². The van der Waals surface area contributed by atoms with Crippen molar-refractivity contribution < 1.29 is 14.6 Å². The summed E-state index contributed by atoms with van der Waals surface area (Å²) in [7, 11) is 0. The first-order valence-corrected chi connectivity index (χ1v) is 4.64.